The summed E-state index contributed by atoms with van der Waals surface area (Å²) < 4.78 is 59.2. The number of ether oxygens (including phenoxy) is 1. The molecule has 1 unspecified atom stereocenters. The van der Waals surface area contributed by atoms with Crippen LogP contribution in [0.25, 0.3) is 0 Å². The molecule has 1 fully saturated rings. The fourth-order valence-corrected chi connectivity index (χ4v) is 4.72. The van der Waals surface area contributed by atoms with E-state index in [1.165, 1.54) is 4.31 Å². The van der Waals surface area contributed by atoms with E-state index in [9.17, 15) is 17.2 Å². The molecule has 0 N–H and O–H groups in total. The molecule has 26 heavy (non-hydrogen) atoms. The van der Waals surface area contributed by atoms with Crippen LogP contribution < -0.4 is 9.64 Å². The molecule has 8 heteroatoms. The van der Waals surface area contributed by atoms with Crippen molar-refractivity contribution < 1.29 is 21.9 Å². The van der Waals surface area contributed by atoms with Crippen LogP contribution in [0.3, 0.4) is 0 Å². The van der Waals surface area contributed by atoms with Crippen LogP contribution in [0.2, 0.25) is 0 Å². The zero-order valence-corrected chi connectivity index (χ0v) is 15.3. The van der Waals surface area contributed by atoms with Gasteiger partial charge in [0.05, 0.1) is 7.11 Å². The third-order valence-electron chi connectivity index (χ3n) is 4.49. The zero-order valence-electron chi connectivity index (χ0n) is 14.5. The number of hydrogen-bond donors (Lipinski definition) is 0. The Kier molecular flexibility index (Phi) is 5.15. The summed E-state index contributed by atoms with van der Waals surface area (Å²) in [5.41, 5.74) is 0.922. The lowest BCUT2D eigenvalue weighted by atomic mass is 10.1. The molecule has 0 saturated carbocycles. The number of benzene rings is 2. The van der Waals surface area contributed by atoms with Crippen molar-refractivity contribution in [3.8, 4) is 5.75 Å². The van der Waals surface area contributed by atoms with Crippen LogP contribution in [0.15, 0.2) is 47.4 Å². The fraction of sp³-hybridized carbons (Fsp3) is 0.333. The number of hydrogen-bond acceptors (Lipinski definition) is 4. The van der Waals surface area contributed by atoms with Gasteiger partial charge in [0.1, 0.15) is 22.3 Å². The van der Waals surface area contributed by atoms with Gasteiger partial charge in [-0.15, -0.1) is 0 Å². The smallest absolute Gasteiger partial charge is 0.246 e. The molecule has 0 aromatic heterocycles. The third kappa shape index (κ3) is 3.52. The molecule has 140 valence electrons. The molecule has 1 saturated heterocycles. The molecule has 0 spiro atoms. The molecule has 1 heterocycles. The number of piperazine rings is 1. The summed E-state index contributed by atoms with van der Waals surface area (Å²) in [5.74, 6) is -1.02. The summed E-state index contributed by atoms with van der Waals surface area (Å²) in [6, 6.07) is 9.83. The van der Waals surface area contributed by atoms with Gasteiger partial charge in [0.25, 0.3) is 0 Å². The van der Waals surface area contributed by atoms with E-state index in [1.807, 2.05) is 31.2 Å². The minimum atomic E-state index is -4.10. The quantitative estimate of drug-likeness (QED) is 0.816. The fourth-order valence-electron chi connectivity index (χ4n) is 3.13. The van der Waals surface area contributed by atoms with Crippen molar-refractivity contribution in [2.75, 3.05) is 31.6 Å². The van der Waals surface area contributed by atoms with Crippen LogP contribution >= 0.6 is 0 Å². The van der Waals surface area contributed by atoms with Crippen molar-refractivity contribution >= 4 is 15.7 Å². The van der Waals surface area contributed by atoms with Gasteiger partial charge in [0.2, 0.25) is 10.0 Å². The van der Waals surface area contributed by atoms with E-state index in [-0.39, 0.29) is 19.1 Å². The van der Waals surface area contributed by atoms with Crippen LogP contribution in [0.4, 0.5) is 14.5 Å². The van der Waals surface area contributed by atoms with E-state index in [0.29, 0.717) is 12.3 Å². The molecule has 0 aliphatic carbocycles. The Bertz CT molecular complexity index is 905. The van der Waals surface area contributed by atoms with E-state index in [4.69, 9.17) is 4.74 Å². The second-order valence-electron chi connectivity index (χ2n) is 6.18. The number of anilines is 1. The summed E-state index contributed by atoms with van der Waals surface area (Å²) in [7, 11) is -2.52. The van der Waals surface area contributed by atoms with Gasteiger partial charge in [-0.25, -0.2) is 17.2 Å². The molecule has 0 amide bonds. The van der Waals surface area contributed by atoms with Crippen molar-refractivity contribution in [2.24, 2.45) is 0 Å². The van der Waals surface area contributed by atoms with Crippen molar-refractivity contribution in [1.29, 1.82) is 0 Å². The Labute approximate surface area is 151 Å². The minimum absolute atomic E-state index is 0.137. The van der Waals surface area contributed by atoms with Gasteiger partial charge in [-0.1, -0.05) is 6.07 Å². The number of rotatable bonds is 4. The number of methoxy groups -OCH3 is 1. The zero-order chi connectivity index (χ0) is 18.9. The van der Waals surface area contributed by atoms with Crippen molar-refractivity contribution in [3.63, 3.8) is 0 Å². The van der Waals surface area contributed by atoms with Gasteiger partial charge in [0, 0.05) is 37.4 Å². The number of halogens is 2. The first kappa shape index (κ1) is 18.6. The van der Waals surface area contributed by atoms with Crippen molar-refractivity contribution in [1.82, 2.24) is 4.31 Å². The molecular formula is C18H20F2N2O3S. The van der Waals surface area contributed by atoms with Gasteiger partial charge < -0.3 is 9.64 Å². The third-order valence-corrected chi connectivity index (χ3v) is 6.37. The van der Waals surface area contributed by atoms with E-state index >= 15 is 0 Å². The Morgan fingerprint density at radius 3 is 2.58 bits per heavy atom. The summed E-state index contributed by atoms with van der Waals surface area (Å²) in [5, 5.41) is 0. The summed E-state index contributed by atoms with van der Waals surface area (Å²) in [4.78, 5) is 1.44. The molecular weight excluding hydrogens is 362 g/mol. The van der Waals surface area contributed by atoms with Gasteiger partial charge in [-0.3, -0.25) is 0 Å². The van der Waals surface area contributed by atoms with E-state index < -0.39 is 26.6 Å². The van der Waals surface area contributed by atoms with Crippen LogP contribution in [0.5, 0.6) is 5.75 Å². The van der Waals surface area contributed by atoms with Gasteiger partial charge >= 0.3 is 0 Å². The highest BCUT2D eigenvalue weighted by Gasteiger charge is 2.34. The molecule has 2 aromatic rings. The molecule has 5 nitrogen and oxygen atoms in total. The van der Waals surface area contributed by atoms with E-state index in [0.717, 1.165) is 23.9 Å². The maximum atomic E-state index is 13.9. The lowest BCUT2D eigenvalue weighted by Gasteiger charge is -2.40. The molecule has 0 bridgehead atoms. The van der Waals surface area contributed by atoms with Crippen molar-refractivity contribution in [3.05, 3.63) is 54.1 Å². The highest BCUT2D eigenvalue weighted by atomic mass is 32.2. The van der Waals surface area contributed by atoms with E-state index in [2.05, 4.69) is 4.90 Å². The molecule has 1 aliphatic rings. The maximum absolute atomic E-state index is 13.9. The Morgan fingerprint density at radius 1 is 1.12 bits per heavy atom. The number of nitrogens with zero attached hydrogens (tertiary/aromatic N) is 2. The van der Waals surface area contributed by atoms with Crippen LogP contribution in [-0.4, -0.2) is 45.5 Å². The molecule has 1 atom stereocenters. The highest BCUT2D eigenvalue weighted by Crippen LogP contribution is 2.28. The molecule has 3 rings (SSSR count). The van der Waals surface area contributed by atoms with Crippen LogP contribution in [0.1, 0.15) is 6.92 Å². The van der Waals surface area contributed by atoms with Gasteiger partial charge in [0.15, 0.2) is 0 Å². The topological polar surface area (TPSA) is 49.9 Å². The normalized spacial score (nSPS) is 18.8. The standard InChI is InChI=1S/C18H20F2N2O3S/c1-13-12-21(26(23,24)18-10-14(19)6-7-17(18)20)8-9-22(13)15-4-3-5-16(11-15)25-2/h3-7,10-11,13H,8-9,12H2,1-2H3. The Hall–Kier alpha value is -2.19. The summed E-state index contributed by atoms with van der Waals surface area (Å²) >= 11 is 0. The average molecular weight is 382 g/mol. The Morgan fingerprint density at radius 2 is 1.88 bits per heavy atom. The first-order valence-corrected chi connectivity index (χ1v) is 9.63. The number of sulfonamides is 1. The second-order valence-corrected chi connectivity index (χ2v) is 8.09. The maximum Gasteiger partial charge on any atom is 0.246 e. The molecule has 2 aromatic carbocycles. The van der Waals surface area contributed by atoms with Crippen LogP contribution in [-0.2, 0) is 10.0 Å². The SMILES string of the molecule is COc1cccc(N2CCN(S(=O)(=O)c3cc(F)ccc3F)CC2C)c1. The highest BCUT2D eigenvalue weighted by molar-refractivity contribution is 7.89. The second kappa shape index (κ2) is 7.20. The monoisotopic (exact) mass is 382 g/mol. The van der Waals surface area contributed by atoms with E-state index in [1.54, 1.807) is 7.11 Å². The first-order valence-electron chi connectivity index (χ1n) is 8.19. The predicted molar refractivity (Wildman–Crippen MR) is 94.9 cm³/mol. The average Bonchev–Trinajstić information content (AvgIpc) is 2.63. The predicted octanol–water partition coefficient (Wildman–Crippen LogP) is 2.87. The van der Waals surface area contributed by atoms with Gasteiger partial charge in [-0.05, 0) is 37.3 Å². The van der Waals surface area contributed by atoms with Crippen LogP contribution in [0, 0.1) is 11.6 Å². The Balaban J connectivity index is 1.82. The van der Waals surface area contributed by atoms with Crippen molar-refractivity contribution in [2.45, 2.75) is 17.9 Å². The largest absolute Gasteiger partial charge is 0.497 e. The van der Waals surface area contributed by atoms with Gasteiger partial charge in [-0.2, -0.15) is 4.31 Å². The minimum Gasteiger partial charge on any atom is -0.497 e. The molecule has 0 radical (unpaired) electrons. The lowest BCUT2D eigenvalue weighted by molar-refractivity contribution is 0.340. The summed E-state index contributed by atoms with van der Waals surface area (Å²) in [6.07, 6.45) is 0. The summed E-state index contributed by atoms with van der Waals surface area (Å²) in [6.45, 7) is 2.68. The molecule has 1 aliphatic heterocycles. The first-order chi connectivity index (χ1) is 12.3. The lowest BCUT2D eigenvalue weighted by Crippen LogP contribution is -2.53.